The van der Waals surface area contributed by atoms with Crippen LogP contribution < -0.4 is 26.0 Å². The van der Waals surface area contributed by atoms with Crippen molar-refractivity contribution in [1.29, 1.82) is 0 Å². The van der Waals surface area contributed by atoms with E-state index in [1.165, 1.54) is 20.4 Å². The summed E-state index contributed by atoms with van der Waals surface area (Å²) in [5.74, 6) is -0.867. The van der Waals surface area contributed by atoms with Gasteiger partial charge >= 0.3 is 12.0 Å². The van der Waals surface area contributed by atoms with Gasteiger partial charge in [0.25, 0.3) is 0 Å². The third-order valence-corrected chi connectivity index (χ3v) is 6.34. The van der Waals surface area contributed by atoms with Crippen LogP contribution in [0, 0.1) is 6.92 Å². The molecule has 0 spiro atoms. The van der Waals surface area contributed by atoms with Crippen molar-refractivity contribution < 1.29 is 38.5 Å². The molecule has 0 fully saturated rings. The highest BCUT2D eigenvalue weighted by Crippen LogP contribution is 2.26. The Labute approximate surface area is 255 Å². The number of aromatic nitrogens is 1. The number of hydrogen-bond acceptors (Lipinski definition) is 9. The Balaban J connectivity index is 1.52. The molecule has 0 saturated heterocycles. The first-order valence-corrected chi connectivity index (χ1v) is 13.8. The van der Waals surface area contributed by atoms with Crippen molar-refractivity contribution in [3.05, 3.63) is 77.5 Å². The molecule has 3 amide bonds. The van der Waals surface area contributed by atoms with E-state index in [1.807, 2.05) is 25.1 Å². The van der Waals surface area contributed by atoms with Gasteiger partial charge in [0.2, 0.25) is 5.91 Å². The Hall–Kier alpha value is -5.01. The van der Waals surface area contributed by atoms with E-state index in [2.05, 4.69) is 26.3 Å². The molecule has 234 valence electrons. The number of hydrogen-bond donors (Lipinski definition) is 5. The molecule has 0 radical (unpaired) electrons. The Morgan fingerprint density at radius 3 is 2.41 bits per heavy atom. The average molecular weight is 608 g/mol. The van der Waals surface area contributed by atoms with E-state index in [4.69, 9.17) is 14.2 Å². The van der Waals surface area contributed by atoms with E-state index < -0.39 is 23.9 Å². The second kappa shape index (κ2) is 17.2. The number of methoxy groups -OCH3 is 2. The first-order valence-electron chi connectivity index (χ1n) is 13.8. The highest BCUT2D eigenvalue weighted by atomic mass is 16.5. The van der Waals surface area contributed by atoms with E-state index in [-0.39, 0.29) is 38.4 Å². The van der Waals surface area contributed by atoms with Crippen molar-refractivity contribution in [3.63, 3.8) is 0 Å². The smallest absolute Gasteiger partial charge is 0.323 e. The predicted octanol–water partition coefficient (Wildman–Crippen LogP) is 3.56. The van der Waals surface area contributed by atoms with Crippen LogP contribution in [0.15, 0.2) is 60.8 Å². The number of carbonyl (C=O) groups is 4. The molecule has 0 aliphatic heterocycles. The van der Waals surface area contributed by atoms with Crippen molar-refractivity contribution in [3.8, 4) is 5.75 Å². The minimum atomic E-state index is -1.09. The van der Waals surface area contributed by atoms with Gasteiger partial charge in [-0.3, -0.25) is 14.4 Å². The molecule has 1 heterocycles. The van der Waals surface area contributed by atoms with E-state index in [0.29, 0.717) is 40.7 Å². The number of nitrogens with zero attached hydrogens (tertiary/aromatic N) is 1. The largest absolute Gasteiger partial charge is 0.495 e. The SMILES string of the molecule is COCCOCC(=O)NC(CC(=O)O)c1ccc(NCC(=O)Cc2ccc(NC(=O)Nc3ccccc3C)c(OC)c2)nc1. The summed E-state index contributed by atoms with van der Waals surface area (Å²) in [6.07, 6.45) is 1.21. The van der Waals surface area contributed by atoms with Gasteiger partial charge in [-0.1, -0.05) is 30.3 Å². The highest BCUT2D eigenvalue weighted by Gasteiger charge is 2.19. The summed E-state index contributed by atoms with van der Waals surface area (Å²) >= 11 is 0. The van der Waals surface area contributed by atoms with E-state index in [9.17, 15) is 24.3 Å². The molecule has 0 aliphatic carbocycles. The summed E-state index contributed by atoms with van der Waals surface area (Å²) in [5.41, 5.74) is 3.25. The van der Waals surface area contributed by atoms with Crippen molar-refractivity contribution >= 4 is 40.9 Å². The summed E-state index contributed by atoms with van der Waals surface area (Å²) in [4.78, 5) is 53.0. The summed E-state index contributed by atoms with van der Waals surface area (Å²) in [7, 11) is 2.99. The van der Waals surface area contributed by atoms with Crippen LogP contribution in [0.1, 0.15) is 29.2 Å². The van der Waals surface area contributed by atoms with Crippen molar-refractivity contribution in [2.45, 2.75) is 25.8 Å². The van der Waals surface area contributed by atoms with Gasteiger partial charge < -0.3 is 40.6 Å². The number of carboxylic acids is 1. The quantitative estimate of drug-likeness (QED) is 0.143. The van der Waals surface area contributed by atoms with Crippen LogP contribution in [0.2, 0.25) is 0 Å². The summed E-state index contributed by atoms with van der Waals surface area (Å²) in [5, 5.41) is 20.4. The summed E-state index contributed by atoms with van der Waals surface area (Å²) < 4.78 is 15.5. The number of para-hydroxylation sites is 1. The minimum absolute atomic E-state index is 0.0123. The standard InChI is InChI=1S/C31H37N5O8/c1-20-6-4-5-7-24(20)35-31(41)36-25-10-8-21(15-27(25)43-3)14-23(37)18-33-28-11-9-22(17-32-28)26(16-30(39)40)34-29(38)19-44-13-12-42-2/h4-11,15,17,26H,12-14,16,18-19H2,1-3H3,(H,32,33)(H,34,38)(H,39,40)(H2,35,36,41). The molecule has 3 rings (SSSR count). The zero-order valence-electron chi connectivity index (χ0n) is 24.8. The molecule has 1 unspecified atom stereocenters. The molecule has 0 saturated carbocycles. The lowest BCUT2D eigenvalue weighted by Crippen LogP contribution is -2.33. The molecule has 0 aliphatic rings. The lowest BCUT2D eigenvalue weighted by Gasteiger charge is -2.17. The van der Waals surface area contributed by atoms with Crippen LogP contribution >= 0.6 is 0 Å². The number of Topliss-reactive ketones (excluding diaryl/α,β-unsaturated/α-hetero) is 1. The number of carbonyl (C=O) groups excluding carboxylic acids is 3. The van der Waals surface area contributed by atoms with Gasteiger partial charge in [0.1, 0.15) is 18.2 Å². The second-order valence-corrected chi connectivity index (χ2v) is 9.74. The van der Waals surface area contributed by atoms with Crippen LogP contribution in [0.3, 0.4) is 0 Å². The van der Waals surface area contributed by atoms with Gasteiger partial charge in [0.05, 0.1) is 45.0 Å². The summed E-state index contributed by atoms with van der Waals surface area (Å²) in [6.45, 7) is 2.22. The zero-order chi connectivity index (χ0) is 31.9. The number of benzene rings is 2. The topological polar surface area (TPSA) is 177 Å². The lowest BCUT2D eigenvalue weighted by molar-refractivity contribution is -0.138. The Morgan fingerprint density at radius 1 is 0.955 bits per heavy atom. The first-order chi connectivity index (χ1) is 21.2. The van der Waals surface area contributed by atoms with Gasteiger partial charge in [-0.05, 0) is 47.9 Å². The van der Waals surface area contributed by atoms with E-state index in [1.54, 1.807) is 36.4 Å². The van der Waals surface area contributed by atoms with Crippen LogP contribution in [0.25, 0.3) is 0 Å². The van der Waals surface area contributed by atoms with Crippen LogP contribution in [0.4, 0.5) is 22.0 Å². The number of carboxylic acid groups (broad SMARTS) is 1. The Kier molecular flexibility index (Phi) is 13.1. The second-order valence-electron chi connectivity index (χ2n) is 9.74. The Morgan fingerprint density at radius 2 is 1.73 bits per heavy atom. The number of rotatable bonds is 17. The maximum atomic E-state index is 12.7. The van der Waals surface area contributed by atoms with Gasteiger partial charge in [-0.25, -0.2) is 9.78 Å². The Bertz CT molecular complexity index is 1430. The number of aryl methyl sites for hydroxylation is 1. The molecule has 13 nitrogen and oxygen atoms in total. The average Bonchev–Trinajstić information content (AvgIpc) is 3.00. The first kappa shape index (κ1) is 33.5. The minimum Gasteiger partial charge on any atom is -0.495 e. The molecular weight excluding hydrogens is 570 g/mol. The fourth-order valence-electron chi connectivity index (χ4n) is 4.10. The number of anilines is 3. The number of urea groups is 1. The van der Waals surface area contributed by atoms with Crippen LogP contribution in [0.5, 0.6) is 5.75 Å². The molecule has 1 aromatic heterocycles. The fourth-order valence-corrected chi connectivity index (χ4v) is 4.10. The van der Waals surface area contributed by atoms with Crippen molar-refractivity contribution in [2.24, 2.45) is 0 Å². The molecule has 5 N–H and O–H groups in total. The maximum Gasteiger partial charge on any atom is 0.323 e. The third-order valence-electron chi connectivity index (χ3n) is 6.34. The molecule has 44 heavy (non-hydrogen) atoms. The monoisotopic (exact) mass is 607 g/mol. The van der Waals surface area contributed by atoms with Crippen LogP contribution in [-0.2, 0) is 30.3 Å². The number of aliphatic carboxylic acids is 1. The molecule has 13 heteroatoms. The maximum absolute atomic E-state index is 12.7. The number of nitrogens with one attached hydrogen (secondary N) is 4. The van der Waals surface area contributed by atoms with Gasteiger partial charge in [0.15, 0.2) is 5.78 Å². The molecule has 1 atom stereocenters. The molecule has 3 aromatic rings. The molecule has 2 aromatic carbocycles. The van der Waals surface area contributed by atoms with Gasteiger partial charge in [-0.2, -0.15) is 0 Å². The number of ether oxygens (including phenoxy) is 3. The van der Waals surface area contributed by atoms with E-state index in [0.717, 1.165) is 5.56 Å². The number of ketones is 1. The third kappa shape index (κ3) is 11.0. The van der Waals surface area contributed by atoms with Crippen molar-refractivity contribution in [1.82, 2.24) is 10.3 Å². The number of pyridine rings is 1. The lowest BCUT2D eigenvalue weighted by atomic mass is 10.1. The van der Waals surface area contributed by atoms with E-state index >= 15 is 0 Å². The predicted molar refractivity (Wildman–Crippen MR) is 164 cm³/mol. The summed E-state index contributed by atoms with van der Waals surface area (Å²) in [6, 6.07) is 14.5. The molecular formula is C31H37N5O8. The van der Waals surface area contributed by atoms with Crippen LogP contribution in [-0.4, -0.2) is 74.4 Å². The normalized spacial score (nSPS) is 11.2. The zero-order valence-corrected chi connectivity index (χ0v) is 24.8. The van der Waals surface area contributed by atoms with Crippen molar-refractivity contribution in [2.75, 3.05) is 56.5 Å². The molecule has 0 bridgehead atoms. The fraction of sp³-hybridized carbons (Fsp3) is 0.323. The van der Waals surface area contributed by atoms with Gasteiger partial charge in [0, 0.05) is 25.4 Å². The van der Waals surface area contributed by atoms with Gasteiger partial charge in [-0.15, -0.1) is 0 Å². The number of amides is 3. The highest BCUT2D eigenvalue weighted by molar-refractivity contribution is 6.01.